The normalized spacial score (nSPS) is 12.9. The van der Waals surface area contributed by atoms with E-state index in [1.165, 1.54) is 30.8 Å². The van der Waals surface area contributed by atoms with E-state index in [-0.39, 0.29) is 17.5 Å². The van der Waals surface area contributed by atoms with Crippen molar-refractivity contribution in [3.05, 3.63) is 65.7 Å². The number of halogens is 1. The number of nitrogens with one attached hydrogen (secondary N) is 1. The number of thioether (sulfide) groups is 1. The van der Waals surface area contributed by atoms with Crippen molar-refractivity contribution in [3.8, 4) is 5.75 Å². The lowest BCUT2D eigenvalue weighted by Gasteiger charge is -2.18. The highest BCUT2D eigenvalue weighted by Crippen LogP contribution is 2.28. The molecule has 0 bridgehead atoms. The summed E-state index contributed by atoms with van der Waals surface area (Å²) in [5, 5.41) is 11.7. The summed E-state index contributed by atoms with van der Waals surface area (Å²) in [5.74, 6) is 0.865. The first kappa shape index (κ1) is 25.4. The van der Waals surface area contributed by atoms with Crippen molar-refractivity contribution in [2.75, 3.05) is 5.32 Å². The van der Waals surface area contributed by atoms with Gasteiger partial charge >= 0.3 is 0 Å². The molecular formula is C25H29FN4O3S. The van der Waals surface area contributed by atoms with E-state index in [0.717, 1.165) is 0 Å². The molecule has 1 amide bonds. The van der Waals surface area contributed by atoms with Crippen LogP contribution in [0.2, 0.25) is 0 Å². The van der Waals surface area contributed by atoms with Gasteiger partial charge in [-0.3, -0.25) is 9.59 Å². The summed E-state index contributed by atoms with van der Waals surface area (Å²) in [6.45, 7) is 9.96. The van der Waals surface area contributed by atoms with Crippen LogP contribution in [0.4, 0.5) is 10.1 Å². The molecule has 0 radical (unpaired) electrons. The minimum Gasteiger partial charge on any atom is -0.483 e. The molecule has 180 valence electrons. The molecule has 0 fully saturated rings. The van der Waals surface area contributed by atoms with Crippen LogP contribution >= 0.6 is 11.8 Å². The first-order valence-corrected chi connectivity index (χ1v) is 12.0. The van der Waals surface area contributed by atoms with Crippen LogP contribution in [0.1, 0.15) is 56.9 Å². The second-order valence-corrected chi connectivity index (χ2v) is 9.75. The van der Waals surface area contributed by atoms with E-state index >= 15 is 0 Å². The zero-order valence-corrected chi connectivity index (χ0v) is 20.7. The number of ketones is 1. The van der Waals surface area contributed by atoms with Gasteiger partial charge in [-0.15, -0.1) is 10.2 Å². The Bertz CT molecular complexity index is 1150. The number of Topliss-reactive ketones (excluding diaryl/α,β-unsaturated/α-hetero) is 1. The maximum atomic E-state index is 13.2. The number of rotatable bonds is 10. The van der Waals surface area contributed by atoms with E-state index in [0.29, 0.717) is 40.4 Å². The molecule has 0 aliphatic heterocycles. The number of hydrogen-bond donors (Lipinski definition) is 1. The average Bonchev–Trinajstić information content (AvgIpc) is 3.17. The van der Waals surface area contributed by atoms with Crippen LogP contribution in [0, 0.1) is 11.7 Å². The number of hydrogen-bond acceptors (Lipinski definition) is 6. The van der Waals surface area contributed by atoms with Crippen molar-refractivity contribution < 1.29 is 18.7 Å². The second kappa shape index (κ2) is 11.3. The van der Waals surface area contributed by atoms with Gasteiger partial charge in [0.25, 0.3) is 0 Å². The maximum absolute atomic E-state index is 13.2. The summed E-state index contributed by atoms with van der Waals surface area (Å²) in [4.78, 5) is 24.4. The number of carbonyl (C=O) groups excluding carboxylic acids is 2. The zero-order chi connectivity index (χ0) is 24.8. The highest BCUT2D eigenvalue weighted by Gasteiger charge is 2.24. The van der Waals surface area contributed by atoms with E-state index in [9.17, 15) is 14.0 Å². The lowest BCUT2D eigenvalue weighted by atomic mass is 10.1. The number of benzene rings is 2. The standard InChI is InChI=1S/C25H29FN4O3S/c1-15(2)14-30-23(17(4)33-22-11-9-20(26)10-12-22)28-29-25(30)34-18(5)24(32)27-21-8-6-7-19(13-21)16(3)31/h6-13,15,17-18H,14H2,1-5H3,(H,27,32). The fourth-order valence-corrected chi connectivity index (χ4v) is 4.13. The molecule has 0 saturated carbocycles. The molecule has 0 saturated heterocycles. The quantitative estimate of drug-likeness (QED) is 0.301. The molecule has 9 heteroatoms. The number of anilines is 1. The SMILES string of the molecule is CC(=O)c1cccc(NC(=O)C(C)Sc2nnc(C(C)Oc3ccc(F)cc3)n2CC(C)C)c1. The molecule has 1 N–H and O–H groups in total. The first-order valence-electron chi connectivity index (χ1n) is 11.1. The van der Waals surface area contributed by atoms with Crippen LogP contribution in [0.25, 0.3) is 0 Å². The highest BCUT2D eigenvalue weighted by molar-refractivity contribution is 8.00. The zero-order valence-electron chi connectivity index (χ0n) is 19.9. The Morgan fingerprint density at radius 2 is 1.79 bits per heavy atom. The van der Waals surface area contributed by atoms with Gasteiger partial charge in [-0.1, -0.05) is 37.7 Å². The van der Waals surface area contributed by atoms with E-state index in [2.05, 4.69) is 29.4 Å². The summed E-state index contributed by atoms with van der Waals surface area (Å²) in [6, 6.07) is 12.7. The summed E-state index contributed by atoms with van der Waals surface area (Å²) in [5.41, 5.74) is 1.10. The van der Waals surface area contributed by atoms with E-state index in [4.69, 9.17) is 4.74 Å². The Hall–Kier alpha value is -3.20. The van der Waals surface area contributed by atoms with Crippen LogP contribution < -0.4 is 10.1 Å². The molecule has 3 rings (SSSR count). The topological polar surface area (TPSA) is 86.1 Å². The van der Waals surface area contributed by atoms with Crippen molar-refractivity contribution in [3.63, 3.8) is 0 Å². The second-order valence-electron chi connectivity index (χ2n) is 8.45. The number of carbonyl (C=O) groups is 2. The lowest BCUT2D eigenvalue weighted by molar-refractivity contribution is -0.115. The molecule has 1 heterocycles. The molecule has 2 unspecified atom stereocenters. The fourth-order valence-electron chi connectivity index (χ4n) is 3.27. The number of aromatic nitrogens is 3. The number of nitrogens with zero attached hydrogens (tertiary/aromatic N) is 3. The van der Waals surface area contributed by atoms with Gasteiger partial charge in [-0.05, 0) is 63.1 Å². The van der Waals surface area contributed by atoms with Crippen molar-refractivity contribution >= 4 is 29.1 Å². The summed E-state index contributed by atoms with van der Waals surface area (Å²) in [6.07, 6.45) is -0.426. The van der Waals surface area contributed by atoms with E-state index in [1.54, 1.807) is 43.3 Å². The Morgan fingerprint density at radius 1 is 1.09 bits per heavy atom. The van der Waals surface area contributed by atoms with E-state index < -0.39 is 11.4 Å². The fraction of sp³-hybridized carbons (Fsp3) is 0.360. The highest BCUT2D eigenvalue weighted by atomic mass is 32.2. The van der Waals surface area contributed by atoms with Crippen molar-refractivity contribution in [2.45, 2.75) is 57.7 Å². The summed E-state index contributed by atoms with van der Waals surface area (Å²) < 4.78 is 21.1. The van der Waals surface area contributed by atoms with Gasteiger partial charge in [-0.2, -0.15) is 0 Å². The van der Waals surface area contributed by atoms with Crippen LogP contribution in [-0.4, -0.2) is 31.7 Å². The number of amides is 1. The molecule has 2 aromatic carbocycles. The Morgan fingerprint density at radius 3 is 2.44 bits per heavy atom. The Labute approximate surface area is 203 Å². The first-order chi connectivity index (χ1) is 16.1. The molecule has 1 aromatic heterocycles. The molecule has 3 aromatic rings. The average molecular weight is 485 g/mol. The summed E-state index contributed by atoms with van der Waals surface area (Å²) in [7, 11) is 0. The van der Waals surface area contributed by atoms with Crippen LogP contribution in [0.15, 0.2) is 53.7 Å². The smallest absolute Gasteiger partial charge is 0.237 e. The van der Waals surface area contributed by atoms with Gasteiger partial charge in [0.1, 0.15) is 11.6 Å². The lowest BCUT2D eigenvalue weighted by Crippen LogP contribution is -2.23. The van der Waals surface area contributed by atoms with Gasteiger partial charge in [0.15, 0.2) is 22.9 Å². The van der Waals surface area contributed by atoms with Gasteiger partial charge in [0.2, 0.25) is 5.91 Å². The third-order valence-electron chi connectivity index (χ3n) is 4.97. The van der Waals surface area contributed by atoms with Crippen LogP contribution in [-0.2, 0) is 11.3 Å². The van der Waals surface area contributed by atoms with Gasteiger partial charge in [0, 0.05) is 17.8 Å². The minimum absolute atomic E-state index is 0.0650. The minimum atomic E-state index is -0.461. The van der Waals surface area contributed by atoms with Gasteiger partial charge in [0.05, 0.1) is 5.25 Å². The van der Waals surface area contributed by atoms with Crippen LogP contribution in [0.3, 0.4) is 0 Å². The molecule has 0 spiro atoms. The van der Waals surface area contributed by atoms with Crippen molar-refractivity contribution in [1.29, 1.82) is 0 Å². The largest absolute Gasteiger partial charge is 0.483 e. The van der Waals surface area contributed by atoms with Gasteiger partial charge in [-0.25, -0.2) is 4.39 Å². The maximum Gasteiger partial charge on any atom is 0.237 e. The molecule has 0 aliphatic carbocycles. The Kier molecular flexibility index (Phi) is 8.44. The van der Waals surface area contributed by atoms with E-state index in [1.807, 2.05) is 11.5 Å². The molecule has 7 nitrogen and oxygen atoms in total. The number of ether oxygens (including phenoxy) is 1. The Balaban J connectivity index is 1.74. The molecule has 2 atom stereocenters. The third-order valence-corrected chi connectivity index (χ3v) is 6.05. The predicted molar refractivity (Wildman–Crippen MR) is 131 cm³/mol. The molecule has 34 heavy (non-hydrogen) atoms. The predicted octanol–water partition coefficient (Wildman–Crippen LogP) is 5.54. The third kappa shape index (κ3) is 6.66. The summed E-state index contributed by atoms with van der Waals surface area (Å²) >= 11 is 1.30. The van der Waals surface area contributed by atoms with Crippen molar-refractivity contribution in [1.82, 2.24) is 14.8 Å². The van der Waals surface area contributed by atoms with Crippen molar-refractivity contribution in [2.24, 2.45) is 5.92 Å². The molecular weight excluding hydrogens is 455 g/mol. The van der Waals surface area contributed by atoms with Crippen LogP contribution in [0.5, 0.6) is 5.75 Å². The monoisotopic (exact) mass is 484 g/mol. The van der Waals surface area contributed by atoms with Gasteiger partial charge < -0.3 is 14.6 Å². The molecule has 0 aliphatic rings.